The van der Waals surface area contributed by atoms with Gasteiger partial charge in [-0.15, -0.1) is 0 Å². The average molecular weight is 165 g/mol. The molecule has 3 heteroatoms. The van der Waals surface area contributed by atoms with Crippen molar-refractivity contribution in [3.8, 4) is 0 Å². The summed E-state index contributed by atoms with van der Waals surface area (Å²) in [5, 5.41) is 8.78. The number of allylic oxidation sites excluding steroid dienone is 4. The van der Waals surface area contributed by atoms with Gasteiger partial charge in [0, 0.05) is 0 Å². The maximum absolute atomic E-state index is 8.19. The normalized spacial score (nSPS) is 13.6. The Morgan fingerprint density at radius 3 is 2.22 bits per heavy atom. The first-order valence-electron chi connectivity index (χ1n) is 2.21. The van der Waals surface area contributed by atoms with E-state index in [9.17, 15) is 0 Å². The fraction of sp³-hybridized carbons (Fsp3) is 0. The Bertz CT molecular complexity index is 158. The lowest BCUT2D eigenvalue weighted by Gasteiger charge is -1.87. The van der Waals surface area contributed by atoms with E-state index in [4.69, 9.17) is 28.3 Å². The Morgan fingerprint density at radius 1 is 1.33 bits per heavy atom. The van der Waals surface area contributed by atoms with Gasteiger partial charge < -0.3 is 5.11 Å². The number of rotatable bonds is 2. The molecule has 0 aromatic carbocycles. The Kier molecular flexibility index (Phi) is 4.28. The van der Waals surface area contributed by atoms with Crippen molar-refractivity contribution >= 4 is 23.2 Å². The van der Waals surface area contributed by atoms with Crippen molar-refractivity contribution in [2.45, 2.75) is 0 Å². The lowest BCUT2D eigenvalue weighted by Crippen LogP contribution is -1.67. The third-order valence-electron chi connectivity index (χ3n) is 0.628. The standard InChI is InChI=1S/C6H6Cl2O/c1-2-5(7)6(8)3-4-9/h2-4,9H,1H2. The molecule has 1 N–H and O–H groups in total. The van der Waals surface area contributed by atoms with Gasteiger partial charge in [-0.3, -0.25) is 0 Å². The minimum atomic E-state index is 0.272. The highest BCUT2D eigenvalue weighted by Crippen LogP contribution is 2.14. The Morgan fingerprint density at radius 2 is 1.89 bits per heavy atom. The van der Waals surface area contributed by atoms with Crippen LogP contribution in [0.1, 0.15) is 0 Å². The van der Waals surface area contributed by atoms with Crippen LogP contribution in [0.15, 0.2) is 35.1 Å². The van der Waals surface area contributed by atoms with Gasteiger partial charge in [-0.25, -0.2) is 0 Å². The van der Waals surface area contributed by atoms with E-state index in [1.165, 1.54) is 12.2 Å². The van der Waals surface area contributed by atoms with E-state index in [-0.39, 0.29) is 5.03 Å². The molecule has 0 atom stereocenters. The van der Waals surface area contributed by atoms with Gasteiger partial charge in [0.2, 0.25) is 0 Å². The fourth-order valence-corrected chi connectivity index (χ4v) is 0.439. The van der Waals surface area contributed by atoms with E-state index in [1.54, 1.807) is 0 Å². The van der Waals surface area contributed by atoms with E-state index in [1.807, 2.05) is 0 Å². The summed E-state index contributed by atoms with van der Waals surface area (Å²) < 4.78 is 0. The molecule has 0 aromatic heterocycles. The molecular formula is C6H6Cl2O. The molecule has 0 aliphatic carbocycles. The summed E-state index contributed by atoms with van der Waals surface area (Å²) in [5.74, 6) is 0. The van der Waals surface area contributed by atoms with Gasteiger partial charge in [-0.05, 0) is 12.2 Å². The minimum Gasteiger partial charge on any atom is -0.516 e. The SMILES string of the molecule is C=CC(Cl)=C(Cl)C=CO. The van der Waals surface area contributed by atoms with Gasteiger partial charge in [0.05, 0.1) is 16.3 Å². The quantitative estimate of drug-likeness (QED) is 0.492. The maximum atomic E-state index is 8.19. The predicted octanol–water partition coefficient (Wildman–Crippen LogP) is 2.93. The maximum Gasteiger partial charge on any atom is 0.0807 e. The molecule has 0 aliphatic heterocycles. The Hall–Kier alpha value is -0.400. The van der Waals surface area contributed by atoms with Crippen LogP contribution in [0.25, 0.3) is 0 Å². The number of aliphatic hydroxyl groups excluding tert-OH is 1. The van der Waals surface area contributed by atoms with Crippen molar-refractivity contribution in [1.82, 2.24) is 0 Å². The van der Waals surface area contributed by atoms with Crippen LogP contribution in [-0.4, -0.2) is 5.11 Å². The molecule has 0 unspecified atom stereocenters. The molecule has 0 aliphatic rings. The van der Waals surface area contributed by atoms with Gasteiger partial charge in [-0.2, -0.15) is 0 Å². The highest BCUT2D eigenvalue weighted by Gasteiger charge is 1.90. The lowest BCUT2D eigenvalue weighted by molar-refractivity contribution is 0.473. The molecule has 0 saturated heterocycles. The molecule has 1 nitrogen and oxygen atoms in total. The van der Waals surface area contributed by atoms with Gasteiger partial charge in [-0.1, -0.05) is 29.8 Å². The number of hydrogen-bond donors (Lipinski definition) is 1. The van der Waals surface area contributed by atoms with E-state index in [0.717, 1.165) is 6.26 Å². The summed E-state index contributed by atoms with van der Waals surface area (Å²) in [5.41, 5.74) is 0. The molecule has 0 rings (SSSR count). The zero-order valence-corrected chi connectivity index (χ0v) is 6.15. The van der Waals surface area contributed by atoms with Crippen LogP contribution in [0.3, 0.4) is 0 Å². The smallest absolute Gasteiger partial charge is 0.0807 e. The van der Waals surface area contributed by atoms with E-state index in [2.05, 4.69) is 6.58 Å². The van der Waals surface area contributed by atoms with Crippen molar-refractivity contribution in [2.75, 3.05) is 0 Å². The third-order valence-corrected chi connectivity index (χ3v) is 1.41. The molecule has 0 saturated carbocycles. The number of hydrogen-bond acceptors (Lipinski definition) is 1. The molecule has 9 heavy (non-hydrogen) atoms. The largest absolute Gasteiger partial charge is 0.516 e. The Labute approximate surface area is 63.9 Å². The highest BCUT2D eigenvalue weighted by atomic mass is 35.5. The highest BCUT2D eigenvalue weighted by molar-refractivity contribution is 6.41. The summed E-state index contributed by atoms with van der Waals surface area (Å²) >= 11 is 10.9. The van der Waals surface area contributed by atoms with Crippen molar-refractivity contribution in [2.24, 2.45) is 0 Å². The number of aliphatic hydroxyl groups is 1. The summed E-state index contributed by atoms with van der Waals surface area (Å²) in [4.78, 5) is 0. The van der Waals surface area contributed by atoms with Crippen LogP contribution in [0.5, 0.6) is 0 Å². The van der Waals surface area contributed by atoms with E-state index in [0.29, 0.717) is 5.03 Å². The second kappa shape index (κ2) is 4.48. The van der Waals surface area contributed by atoms with Crippen molar-refractivity contribution in [3.63, 3.8) is 0 Å². The van der Waals surface area contributed by atoms with Crippen molar-refractivity contribution in [1.29, 1.82) is 0 Å². The third kappa shape index (κ3) is 3.22. The van der Waals surface area contributed by atoms with Gasteiger partial charge in [0.15, 0.2) is 0 Å². The van der Waals surface area contributed by atoms with Gasteiger partial charge in [0.1, 0.15) is 0 Å². The average Bonchev–Trinajstić information content (AvgIpc) is 1.87. The molecule has 0 radical (unpaired) electrons. The summed E-state index contributed by atoms with van der Waals surface area (Å²) in [6, 6.07) is 0. The van der Waals surface area contributed by atoms with Crippen LogP contribution in [0.4, 0.5) is 0 Å². The van der Waals surface area contributed by atoms with Crippen LogP contribution < -0.4 is 0 Å². The summed E-state index contributed by atoms with van der Waals surface area (Å²) in [6.07, 6.45) is 3.48. The van der Waals surface area contributed by atoms with Gasteiger partial charge >= 0.3 is 0 Å². The first-order chi connectivity index (χ1) is 4.22. The number of halogens is 2. The molecule has 0 aromatic rings. The monoisotopic (exact) mass is 164 g/mol. The van der Waals surface area contributed by atoms with Crippen molar-refractivity contribution < 1.29 is 5.11 Å². The van der Waals surface area contributed by atoms with Crippen LogP contribution in [0, 0.1) is 0 Å². The van der Waals surface area contributed by atoms with E-state index >= 15 is 0 Å². The van der Waals surface area contributed by atoms with Crippen molar-refractivity contribution in [3.05, 3.63) is 35.1 Å². The minimum absolute atomic E-state index is 0.272. The van der Waals surface area contributed by atoms with Crippen LogP contribution >= 0.6 is 23.2 Å². The topological polar surface area (TPSA) is 20.2 Å². The second-order valence-corrected chi connectivity index (χ2v) is 2.03. The zero-order valence-electron chi connectivity index (χ0n) is 4.64. The molecule has 0 bridgehead atoms. The molecule has 0 amide bonds. The Balaban J connectivity index is 4.27. The first kappa shape index (κ1) is 8.60. The second-order valence-electron chi connectivity index (χ2n) is 1.22. The molecule has 0 spiro atoms. The molecule has 0 fully saturated rings. The zero-order chi connectivity index (χ0) is 7.28. The van der Waals surface area contributed by atoms with E-state index < -0.39 is 0 Å². The van der Waals surface area contributed by atoms with Crippen LogP contribution in [0.2, 0.25) is 0 Å². The predicted molar refractivity (Wildman–Crippen MR) is 40.7 cm³/mol. The van der Waals surface area contributed by atoms with Gasteiger partial charge in [0.25, 0.3) is 0 Å². The molecule has 0 heterocycles. The lowest BCUT2D eigenvalue weighted by atomic mass is 10.4. The molecular weight excluding hydrogens is 159 g/mol. The summed E-state index contributed by atoms with van der Waals surface area (Å²) in [7, 11) is 0. The first-order valence-corrected chi connectivity index (χ1v) is 2.96. The molecule has 50 valence electrons. The van der Waals surface area contributed by atoms with Crippen LogP contribution in [-0.2, 0) is 0 Å². The fourth-order valence-electron chi connectivity index (χ4n) is 0.243. The summed E-state index contributed by atoms with van der Waals surface area (Å²) in [6.45, 7) is 3.37.